The van der Waals surface area contributed by atoms with Crippen LogP contribution in [0.2, 0.25) is 0 Å². The van der Waals surface area contributed by atoms with Gasteiger partial charge in [0.2, 0.25) is 0 Å². The fourth-order valence-electron chi connectivity index (χ4n) is 3.38. The van der Waals surface area contributed by atoms with Crippen molar-refractivity contribution in [2.45, 2.75) is 0 Å². The van der Waals surface area contributed by atoms with E-state index in [0.717, 1.165) is 28.2 Å². The summed E-state index contributed by atoms with van der Waals surface area (Å²) >= 11 is 0. The minimum absolute atomic E-state index is 0.794. The van der Waals surface area contributed by atoms with Crippen LogP contribution in [0.4, 0.5) is 0 Å². The van der Waals surface area contributed by atoms with E-state index in [1.54, 1.807) is 0 Å². The summed E-state index contributed by atoms with van der Waals surface area (Å²) in [6.07, 6.45) is 2.04. The Bertz CT molecular complexity index is 1310. The number of hydrogen-bond donors (Lipinski definition) is 0. The maximum atomic E-state index is 4.84. The molecule has 0 aliphatic rings. The highest BCUT2D eigenvalue weighted by molar-refractivity contribution is 5.88. The van der Waals surface area contributed by atoms with Crippen LogP contribution in [-0.2, 0) is 0 Å². The molecule has 0 spiro atoms. The quantitative estimate of drug-likeness (QED) is 0.364. The zero-order valence-electron chi connectivity index (χ0n) is 14.6. The van der Waals surface area contributed by atoms with Crippen molar-refractivity contribution in [1.82, 2.24) is 9.38 Å². The monoisotopic (exact) mass is 344 g/mol. The van der Waals surface area contributed by atoms with E-state index in [4.69, 9.17) is 4.98 Å². The van der Waals surface area contributed by atoms with Gasteiger partial charge in [-0.25, -0.2) is 4.98 Å². The number of benzene rings is 3. The molecule has 0 amide bonds. The van der Waals surface area contributed by atoms with Gasteiger partial charge in [0.15, 0.2) is 0 Å². The van der Waals surface area contributed by atoms with Gasteiger partial charge in [0.25, 0.3) is 0 Å². The van der Waals surface area contributed by atoms with Crippen LogP contribution in [0.25, 0.3) is 27.7 Å². The number of hydrogen-bond acceptors (Lipinski definition) is 1. The molecule has 2 heterocycles. The predicted molar refractivity (Wildman–Crippen MR) is 111 cm³/mol. The van der Waals surface area contributed by atoms with Crippen molar-refractivity contribution in [1.29, 1.82) is 0 Å². The van der Waals surface area contributed by atoms with Crippen molar-refractivity contribution >= 4 is 16.3 Å². The van der Waals surface area contributed by atoms with Crippen LogP contribution in [0, 0.1) is 11.8 Å². The van der Waals surface area contributed by atoms with Crippen LogP contribution in [0.5, 0.6) is 0 Å². The number of aromatic nitrogens is 2. The van der Waals surface area contributed by atoms with Gasteiger partial charge in [-0.1, -0.05) is 78.7 Å². The Balaban J connectivity index is 1.68. The predicted octanol–water partition coefficient (Wildman–Crippen LogP) is 5.55. The van der Waals surface area contributed by atoms with Crippen molar-refractivity contribution < 1.29 is 0 Å². The maximum Gasteiger partial charge on any atom is 0.146 e. The van der Waals surface area contributed by atoms with E-state index in [0.29, 0.717) is 0 Å². The van der Waals surface area contributed by atoms with E-state index in [-0.39, 0.29) is 0 Å². The molecule has 3 aromatic carbocycles. The lowest BCUT2D eigenvalue weighted by molar-refractivity contribution is 1.16. The molecule has 0 radical (unpaired) electrons. The lowest BCUT2D eigenvalue weighted by Crippen LogP contribution is -1.87. The summed E-state index contributed by atoms with van der Waals surface area (Å²) in [4.78, 5) is 4.84. The topological polar surface area (TPSA) is 17.3 Å². The van der Waals surface area contributed by atoms with E-state index >= 15 is 0 Å². The first-order valence-electron chi connectivity index (χ1n) is 8.92. The van der Waals surface area contributed by atoms with Gasteiger partial charge < -0.3 is 0 Å². The molecule has 27 heavy (non-hydrogen) atoms. The summed E-state index contributed by atoms with van der Waals surface area (Å²) in [5.41, 5.74) is 3.91. The molecule has 2 aromatic heterocycles. The summed E-state index contributed by atoms with van der Waals surface area (Å²) in [6.45, 7) is 0. The van der Waals surface area contributed by atoms with Crippen LogP contribution < -0.4 is 0 Å². The summed E-state index contributed by atoms with van der Waals surface area (Å²) < 4.78 is 2.10. The Labute approximate surface area is 157 Å². The molecule has 0 aliphatic carbocycles. The Hall–Kier alpha value is -3.83. The Morgan fingerprint density at radius 3 is 2.37 bits per heavy atom. The van der Waals surface area contributed by atoms with E-state index in [1.165, 1.54) is 10.8 Å². The molecule has 0 atom stereocenters. The highest BCUT2D eigenvalue weighted by Crippen LogP contribution is 2.23. The van der Waals surface area contributed by atoms with E-state index < -0.39 is 0 Å². The van der Waals surface area contributed by atoms with E-state index in [1.807, 2.05) is 48.7 Å². The first-order chi connectivity index (χ1) is 13.4. The van der Waals surface area contributed by atoms with Crippen LogP contribution in [0.3, 0.4) is 0 Å². The zero-order valence-corrected chi connectivity index (χ0v) is 14.6. The zero-order chi connectivity index (χ0) is 18.1. The second-order valence-corrected chi connectivity index (χ2v) is 6.38. The second kappa shape index (κ2) is 6.48. The molecule has 5 rings (SSSR count). The summed E-state index contributed by atoms with van der Waals surface area (Å²) in [6, 6.07) is 30.9. The van der Waals surface area contributed by atoms with Crippen LogP contribution >= 0.6 is 0 Å². The summed E-state index contributed by atoms with van der Waals surface area (Å²) in [5.74, 6) is 7.55. The second-order valence-electron chi connectivity index (χ2n) is 6.38. The normalized spacial score (nSPS) is 10.7. The molecule has 126 valence electrons. The number of fused-ring (bicyclic) bond motifs is 2. The fourth-order valence-corrected chi connectivity index (χ4v) is 3.38. The van der Waals surface area contributed by atoms with E-state index in [9.17, 15) is 0 Å². The van der Waals surface area contributed by atoms with Crippen LogP contribution in [0.15, 0.2) is 97.2 Å². The van der Waals surface area contributed by atoms with Gasteiger partial charge >= 0.3 is 0 Å². The molecular formula is C25H16N2. The molecule has 0 N–H and O–H groups in total. The molecule has 2 nitrogen and oxygen atoms in total. The molecular weight excluding hydrogens is 328 g/mol. The summed E-state index contributed by atoms with van der Waals surface area (Å²) in [5, 5.41) is 2.36. The minimum Gasteiger partial charge on any atom is -0.298 e. The lowest BCUT2D eigenvalue weighted by Gasteiger charge is -1.99. The standard InChI is InChI=1S/C25H16N2/c1-2-10-21(11-3-1)25-26-23(24-15-6-7-18-27(24)25)17-16-20-13-8-12-19-9-4-5-14-22(19)20/h1-15,18H. The highest BCUT2D eigenvalue weighted by atomic mass is 15.0. The minimum atomic E-state index is 0.794. The molecule has 0 saturated carbocycles. The molecule has 0 aliphatic heterocycles. The third-order valence-corrected chi connectivity index (χ3v) is 4.69. The number of nitrogens with zero attached hydrogens (tertiary/aromatic N) is 2. The average molecular weight is 344 g/mol. The van der Waals surface area contributed by atoms with Gasteiger partial charge in [0.1, 0.15) is 11.5 Å². The van der Waals surface area contributed by atoms with Gasteiger partial charge in [-0.2, -0.15) is 0 Å². The van der Waals surface area contributed by atoms with Crippen LogP contribution in [-0.4, -0.2) is 9.38 Å². The van der Waals surface area contributed by atoms with Gasteiger partial charge in [0, 0.05) is 17.3 Å². The molecule has 0 unspecified atom stereocenters. The third kappa shape index (κ3) is 2.76. The molecule has 5 aromatic rings. The fraction of sp³-hybridized carbons (Fsp3) is 0. The summed E-state index contributed by atoms with van der Waals surface area (Å²) in [7, 11) is 0. The van der Waals surface area contributed by atoms with Gasteiger partial charge in [0.05, 0.1) is 5.52 Å². The smallest absolute Gasteiger partial charge is 0.146 e. The van der Waals surface area contributed by atoms with E-state index in [2.05, 4.69) is 64.8 Å². The molecule has 0 saturated heterocycles. The molecule has 2 heteroatoms. The maximum absolute atomic E-state index is 4.84. The van der Waals surface area contributed by atoms with Gasteiger partial charge in [-0.05, 0) is 34.9 Å². The van der Waals surface area contributed by atoms with Crippen molar-refractivity contribution in [2.24, 2.45) is 0 Å². The molecule has 0 fully saturated rings. The largest absolute Gasteiger partial charge is 0.298 e. The molecule has 0 bridgehead atoms. The third-order valence-electron chi connectivity index (χ3n) is 4.69. The first-order valence-corrected chi connectivity index (χ1v) is 8.92. The Morgan fingerprint density at radius 1 is 0.667 bits per heavy atom. The highest BCUT2D eigenvalue weighted by Gasteiger charge is 2.10. The van der Waals surface area contributed by atoms with Crippen LogP contribution in [0.1, 0.15) is 11.3 Å². The first kappa shape index (κ1) is 15.4. The van der Waals surface area contributed by atoms with Gasteiger partial charge in [-0.3, -0.25) is 4.40 Å². The lowest BCUT2D eigenvalue weighted by atomic mass is 10.1. The Kier molecular flexibility index (Phi) is 3.70. The Morgan fingerprint density at radius 2 is 1.44 bits per heavy atom. The average Bonchev–Trinajstić information content (AvgIpc) is 3.12. The van der Waals surface area contributed by atoms with Crippen molar-refractivity contribution in [3.63, 3.8) is 0 Å². The number of pyridine rings is 1. The SMILES string of the molecule is C(#Cc1nc(-c2ccccc2)n2ccccc12)c1cccc2ccccc12. The van der Waals surface area contributed by atoms with Crippen molar-refractivity contribution in [3.8, 4) is 23.2 Å². The van der Waals surface area contributed by atoms with Crippen molar-refractivity contribution in [2.75, 3.05) is 0 Å². The number of imidazole rings is 1. The number of rotatable bonds is 1. The van der Waals surface area contributed by atoms with Gasteiger partial charge in [-0.15, -0.1) is 0 Å². The van der Waals surface area contributed by atoms with Crippen molar-refractivity contribution in [3.05, 3.63) is 108 Å².